The summed E-state index contributed by atoms with van der Waals surface area (Å²) in [5, 5.41) is 4.98. The lowest BCUT2D eigenvalue weighted by atomic mass is 9.33. The molecule has 0 amide bonds. The molecule has 0 aromatic heterocycles. The monoisotopic (exact) mass is 790 g/mol. The van der Waals surface area contributed by atoms with Crippen LogP contribution in [0.5, 0.6) is 0 Å². The van der Waals surface area contributed by atoms with Gasteiger partial charge < -0.3 is 9.80 Å². The van der Waals surface area contributed by atoms with Crippen molar-refractivity contribution < 1.29 is 0 Å². The van der Waals surface area contributed by atoms with Crippen LogP contribution in [0, 0.1) is 0 Å². The van der Waals surface area contributed by atoms with Crippen LogP contribution in [0.3, 0.4) is 0 Å². The van der Waals surface area contributed by atoms with Crippen LogP contribution in [0.25, 0.3) is 43.8 Å². The SMILES string of the molecule is CC(C)(c1ccccc1)c1ccc2c(c1)N(c1ccccc1)c1cc(-c3c4ccccc4c(-c4ccccc4)c4ccccc34)cc3c1B2c1ccccc1N3c1ccccc1. The highest BCUT2D eigenvalue weighted by atomic mass is 15.2. The standard InChI is InChI=1S/C59H43BN2/c1-59(2,42-23-9-4-10-24-42)43-35-36-51-53(39-43)62(45-27-13-6-14-28-45)55-38-41(37-54-58(55)60(51)50-33-19-20-34-52(50)61(54)44-25-11-5-12-26-44)57-48-31-17-15-29-46(48)56(40-21-7-3-8-22-40)47-30-16-18-32-49(47)57/h3-39H,1-2H3. The summed E-state index contributed by atoms with van der Waals surface area (Å²) in [5.74, 6) is 0. The number of anilines is 6. The summed E-state index contributed by atoms with van der Waals surface area (Å²) in [7, 11) is 0. The van der Waals surface area contributed by atoms with E-state index in [2.05, 4.69) is 248 Å². The molecule has 0 aliphatic carbocycles. The molecule has 0 atom stereocenters. The van der Waals surface area contributed by atoms with Crippen LogP contribution >= 0.6 is 0 Å². The van der Waals surface area contributed by atoms with Gasteiger partial charge in [0.2, 0.25) is 0 Å². The molecule has 0 N–H and O–H groups in total. The van der Waals surface area contributed by atoms with Crippen LogP contribution in [-0.4, -0.2) is 6.71 Å². The minimum absolute atomic E-state index is 0.0167. The molecule has 0 saturated carbocycles. The molecule has 292 valence electrons. The van der Waals surface area contributed by atoms with Gasteiger partial charge >= 0.3 is 0 Å². The summed E-state index contributed by atoms with van der Waals surface area (Å²) in [6, 6.07) is 83.1. The third-order valence-electron chi connectivity index (χ3n) is 13.5. The number of nitrogens with zero attached hydrogens (tertiary/aromatic N) is 2. The quantitative estimate of drug-likeness (QED) is 0.122. The van der Waals surface area contributed by atoms with Gasteiger partial charge in [-0.1, -0.05) is 190 Å². The summed E-state index contributed by atoms with van der Waals surface area (Å²) in [6.07, 6.45) is 0. The van der Waals surface area contributed by atoms with E-state index in [-0.39, 0.29) is 12.1 Å². The van der Waals surface area contributed by atoms with Crippen molar-refractivity contribution in [3.63, 3.8) is 0 Å². The maximum absolute atomic E-state index is 2.55. The van der Waals surface area contributed by atoms with E-state index < -0.39 is 0 Å². The fraction of sp³-hybridized carbons (Fsp3) is 0.0508. The Labute approximate surface area is 364 Å². The molecular weight excluding hydrogens is 747 g/mol. The second kappa shape index (κ2) is 14.3. The average molecular weight is 791 g/mol. The topological polar surface area (TPSA) is 6.48 Å². The molecule has 10 aromatic carbocycles. The molecule has 0 saturated heterocycles. The summed E-state index contributed by atoms with van der Waals surface area (Å²) >= 11 is 0. The third kappa shape index (κ3) is 5.51. The molecule has 0 unspecified atom stereocenters. The van der Waals surface area contributed by atoms with Gasteiger partial charge in [0, 0.05) is 39.5 Å². The van der Waals surface area contributed by atoms with Gasteiger partial charge in [-0.3, -0.25) is 0 Å². The molecule has 2 aliphatic heterocycles. The van der Waals surface area contributed by atoms with Crippen molar-refractivity contribution in [1.29, 1.82) is 0 Å². The van der Waals surface area contributed by atoms with Crippen molar-refractivity contribution in [2.45, 2.75) is 19.3 Å². The molecule has 0 spiro atoms. The molecule has 2 nitrogen and oxygen atoms in total. The summed E-state index contributed by atoms with van der Waals surface area (Å²) in [4.78, 5) is 5.07. The summed E-state index contributed by atoms with van der Waals surface area (Å²) < 4.78 is 0. The van der Waals surface area contributed by atoms with Gasteiger partial charge in [0.05, 0.1) is 0 Å². The van der Waals surface area contributed by atoms with Crippen molar-refractivity contribution in [2.24, 2.45) is 0 Å². The van der Waals surface area contributed by atoms with E-state index in [1.165, 1.54) is 94.1 Å². The molecule has 10 aromatic rings. The highest BCUT2D eigenvalue weighted by Gasteiger charge is 2.44. The Kier molecular flexibility index (Phi) is 8.33. The zero-order valence-electron chi connectivity index (χ0n) is 34.8. The fourth-order valence-corrected chi connectivity index (χ4v) is 10.6. The molecule has 12 rings (SSSR count). The first-order valence-corrected chi connectivity index (χ1v) is 21.7. The molecule has 3 heteroatoms. The Morgan fingerprint density at radius 2 is 0.774 bits per heavy atom. The van der Waals surface area contributed by atoms with Gasteiger partial charge in [0.1, 0.15) is 0 Å². The van der Waals surface area contributed by atoms with Gasteiger partial charge in [-0.15, -0.1) is 0 Å². The second-order valence-electron chi connectivity index (χ2n) is 17.2. The maximum atomic E-state index is 2.55. The number of benzene rings is 10. The van der Waals surface area contributed by atoms with Crippen molar-refractivity contribution in [3.8, 4) is 22.3 Å². The zero-order valence-corrected chi connectivity index (χ0v) is 34.8. The highest BCUT2D eigenvalue weighted by molar-refractivity contribution is 7.00. The molecule has 2 aliphatic rings. The van der Waals surface area contributed by atoms with Crippen LogP contribution in [0.2, 0.25) is 0 Å². The van der Waals surface area contributed by atoms with E-state index >= 15 is 0 Å². The van der Waals surface area contributed by atoms with Crippen LogP contribution in [0.1, 0.15) is 25.0 Å². The second-order valence-corrected chi connectivity index (χ2v) is 17.2. The minimum Gasteiger partial charge on any atom is -0.311 e. The smallest absolute Gasteiger partial charge is 0.252 e. The van der Waals surface area contributed by atoms with Crippen LogP contribution in [0.15, 0.2) is 224 Å². The highest BCUT2D eigenvalue weighted by Crippen LogP contribution is 2.50. The molecule has 62 heavy (non-hydrogen) atoms. The fourth-order valence-electron chi connectivity index (χ4n) is 10.6. The molecule has 0 radical (unpaired) electrons. The Balaban J connectivity index is 1.21. The van der Waals surface area contributed by atoms with Crippen LogP contribution in [-0.2, 0) is 5.41 Å². The molecule has 0 fully saturated rings. The lowest BCUT2D eigenvalue weighted by molar-refractivity contribution is 0.641. The lowest BCUT2D eigenvalue weighted by Gasteiger charge is -2.45. The number of hydrogen-bond acceptors (Lipinski definition) is 2. The molecular formula is C59H43BN2. The molecule has 0 bridgehead atoms. The van der Waals surface area contributed by atoms with E-state index in [1.54, 1.807) is 0 Å². The van der Waals surface area contributed by atoms with Crippen molar-refractivity contribution in [2.75, 3.05) is 9.80 Å². The van der Waals surface area contributed by atoms with E-state index in [9.17, 15) is 0 Å². The predicted octanol–water partition coefficient (Wildman–Crippen LogP) is 13.7. The van der Waals surface area contributed by atoms with Crippen molar-refractivity contribution in [1.82, 2.24) is 0 Å². The zero-order chi connectivity index (χ0) is 41.4. The van der Waals surface area contributed by atoms with E-state index in [0.717, 1.165) is 11.4 Å². The minimum atomic E-state index is -0.223. The van der Waals surface area contributed by atoms with Crippen LogP contribution < -0.4 is 26.2 Å². The van der Waals surface area contributed by atoms with Crippen molar-refractivity contribution >= 4 is 78.8 Å². The van der Waals surface area contributed by atoms with E-state index in [0.29, 0.717) is 0 Å². The van der Waals surface area contributed by atoms with Gasteiger partial charge in [0.15, 0.2) is 0 Å². The summed E-state index contributed by atoms with van der Waals surface area (Å²) in [6.45, 7) is 4.72. The third-order valence-corrected chi connectivity index (χ3v) is 13.5. The van der Waals surface area contributed by atoms with Crippen LogP contribution in [0.4, 0.5) is 34.1 Å². The van der Waals surface area contributed by atoms with E-state index in [4.69, 9.17) is 0 Å². The maximum Gasteiger partial charge on any atom is 0.252 e. The number of hydrogen-bond donors (Lipinski definition) is 0. The number of rotatable bonds is 6. The van der Waals surface area contributed by atoms with Crippen molar-refractivity contribution in [3.05, 3.63) is 236 Å². The number of fused-ring (bicyclic) bond motifs is 6. The Morgan fingerprint density at radius 3 is 1.34 bits per heavy atom. The summed E-state index contributed by atoms with van der Waals surface area (Å²) in [5.41, 5.74) is 18.3. The first kappa shape index (κ1) is 36.3. The van der Waals surface area contributed by atoms with Gasteiger partial charge in [-0.25, -0.2) is 0 Å². The average Bonchev–Trinajstić information content (AvgIpc) is 3.33. The van der Waals surface area contributed by atoms with Gasteiger partial charge in [0.25, 0.3) is 6.71 Å². The lowest BCUT2D eigenvalue weighted by Crippen LogP contribution is -2.61. The first-order chi connectivity index (χ1) is 30.6. The Bertz CT molecular complexity index is 3270. The van der Waals surface area contributed by atoms with Gasteiger partial charge in [-0.2, -0.15) is 0 Å². The molecule has 2 heterocycles. The Hall–Kier alpha value is -7.62. The Morgan fingerprint density at radius 1 is 0.339 bits per heavy atom. The normalized spacial score (nSPS) is 12.9. The largest absolute Gasteiger partial charge is 0.311 e. The van der Waals surface area contributed by atoms with E-state index in [1.807, 2.05) is 0 Å². The number of para-hydroxylation sites is 3. The first-order valence-electron chi connectivity index (χ1n) is 21.7. The predicted molar refractivity (Wildman–Crippen MR) is 265 cm³/mol. The van der Waals surface area contributed by atoms with Gasteiger partial charge in [-0.05, 0) is 120 Å².